The summed E-state index contributed by atoms with van der Waals surface area (Å²) in [6, 6.07) is 22.1. The molecule has 0 atom stereocenters. The van der Waals surface area contributed by atoms with Gasteiger partial charge in [0.05, 0.1) is 13.4 Å². The minimum Gasteiger partial charge on any atom is -0.496 e. The number of allylic oxidation sites excluding steroid dienone is 1. The lowest BCUT2D eigenvalue weighted by Crippen LogP contribution is -2.09. The van der Waals surface area contributed by atoms with Crippen molar-refractivity contribution in [3.63, 3.8) is 0 Å². The number of rotatable bonds is 5. The van der Waals surface area contributed by atoms with E-state index >= 15 is 0 Å². The summed E-state index contributed by atoms with van der Waals surface area (Å²) in [5, 5.41) is 6.79. The Balaban J connectivity index is 1.59. The average molecular weight is 496 g/mol. The summed E-state index contributed by atoms with van der Waals surface area (Å²) in [7, 11) is 1.63. The summed E-state index contributed by atoms with van der Waals surface area (Å²) in [4.78, 5) is 12.8. The van der Waals surface area contributed by atoms with Crippen LogP contribution in [0.2, 0.25) is 5.02 Å². The number of hydrogen-bond donors (Lipinski definition) is 1. The Morgan fingerprint density at radius 3 is 2.53 bits per heavy atom. The van der Waals surface area contributed by atoms with Gasteiger partial charge in [-0.15, -0.1) is 0 Å². The van der Waals surface area contributed by atoms with Crippen molar-refractivity contribution in [3.8, 4) is 16.9 Å². The highest BCUT2D eigenvalue weighted by Crippen LogP contribution is 2.42. The van der Waals surface area contributed by atoms with Crippen LogP contribution in [0, 0.1) is 13.8 Å². The first-order chi connectivity index (χ1) is 17.4. The Hall–Kier alpha value is -4.02. The predicted octanol–water partition coefficient (Wildman–Crippen LogP) is 8.57. The van der Waals surface area contributed by atoms with Gasteiger partial charge in [0.1, 0.15) is 11.3 Å². The fraction of sp³-hybridized carbons (Fsp3) is 0.129. The molecule has 0 aliphatic rings. The molecule has 0 aliphatic carbocycles. The molecule has 0 radical (unpaired) electrons. The molecule has 1 N–H and O–H groups in total. The molecule has 180 valence electrons. The topological polar surface area (TPSA) is 51.5 Å². The van der Waals surface area contributed by atoms with Crippen molar-refractivity contribution in [2.75, 3.05) is 12.4 Å². The number of halogens is 1. The molecule has 5 aromatic rings. The van der Waals surface area contributed by atoms with E-state index in [1.165, 1.54) is 5.39 Å². The normalized spacial score (nSPS) is 11.8. The van der Waals surface area contributed by atoms with E-state index < -0.39 is 0 Å². The van der Waals surface area contributed by atoms with Crippen molar-refractivity contribution in [2.24, 2.45) is 0 Å². The fourth-order valence-electron chi connectivity index (χ4n) is 4.66. The Morgan fingerprint density at radius 1 is 0.972 bits per heavy atom. The Kier molecular flexibility index (Phi) is 6.29. The van der Waals surface area contributed by atoms with E-state index in [0.717, 1.165) is 49.7 Å². The van der Waals surface area contributed by atoms with Gasteiger partial charge in [-0.1, -0.05) is 60.1 Å². The number of ether oxygens (including phenoxy) is 1. The average Bonchev–Trinajstić information content (AvgIpc) is 3.30. The van der Waals surface area contributed by atoms with Crippen molar-refractivity contribution < 1.29 is 13.9 Å². The van der Waals surface area contributed by atoms with E-state index in [0.29, 0.717) is 16.5 Å². The van der Waals surface area contributed by atoms with Gasteiger partial charge in [-0.05, 0) is 66.4 Å². The number of hydrogen-bond acceptors (Lipinski definition) is 3. The SMILES string of the molecule is COc1c(/C(C)=C/C(=O)Nc2ccc(C)c(Cl)c2)cc2c(-c3cccc4ccccc34)coc2c1C. The van der Waals surface area contributed by atoms with E-state index in [-0.39, 0.29) is 5.91 Å². The second kappa shape index (κ2) is 9.56. The largest absolute Gasteiger partial charge is 0.496 e. The maximum absolute atomic E-state index is 12.8. The quantitative estimate of drug-likeness (QED) is 0.248. The lowest BCUT2D eigenvalue weighted by Gasteiger charge is -2.14. The van der Waals surface area contributed by atoms with Crippen molar-refractivity contribution >= 4 is 50.5 Å². The van der Waals surface area contributed by atoms with Gasteiger partial charge in [-0.25, -0.2) is 0 Å². The number of aryl methyl sites for hydroxylation is 2. The first-order valence-electron chi connectivity index (χ1n) is 11.7. The van der Waals surface area contributed by atoms with Crippen LogP contribution in [-0.2, 0) is 4.79 Å². The summed E-state index contributed by atoms with van der Waals surface area (Å²) in [6.07, 6.45) is 3.38. The summed E-state index contributed by atoms with van der Waals surface area (Å²) >= 11 is 6.21. The molecule has 0 unspecified atom stereocenters. The minimum atomic E-state index is -0.242. The number of anilines is 1. The van der Waals surface area contributed by atoms with E-state index in [1.54, 1.807) is 25.5 Å². The van der Waals surface area contributed by atoms with Gasteiger partial charge in [-0.3, -0.25) is 4.79 Å². The molecule has 1 aromatic heterocycles. The maximum atomic E-state index is 12.8. The van der Waals surface area contributed by atoms with Gasteiger partial charge in [-0.2, -0.15) is 0 Å². The third-order valence-electron chi connectivity index (χ3n) is 6.54. The number of amides is 1. The van der Waals surface area contributed by atoms with E-state index in [4.69, 9.17) is 20.8 Å². The molecule has 4 aromatic carbocycles. The zero-order valence-electron chi connectivity index (χ0n) is 20.6. The van der Waals surface area contributed by atoms with Gasteiger partial charge in [0.25, 0.3) is 0 Å². The highest BCUT2D eigenvalue weighted by Gasteiger charge is 2.19. The molecular weight excluding hydrogens is 470 g/mol. The molecule has 1 amide bonds. The van der Waals surface area contributed by atoms with Crippen LogP contribution in [0.15, 0.2) is 83.5 Å². The molecular formula is C31H26ClNO3. The van der Waals surface area contributed by atoms with Crippen LogP contribution in [0.3, 0.4) is 0 Å². The molecule has 1 heterocycles. The number of benzene rings is 4. The van der Waals surface area contributed by atoms with Crippen molar-refractivity contribution in [1.29, 1.82) is 0 Å². The summed E-state index contributed by atoms with van der Waals surface area (Å²) in [5.74, 6) is 0.440. The molecule has 5 heteroatoms. The number of carbonyl (C=O) groups is 1. The Morgan fingerprint density at radius 2 is 1.75 bits per heavy atom. The second-order valence-electron chi connectivity index (χ2n) is 8.92. The van der Waals surface area contributed by atoms with Crippen molar-refractivity contribution in [2.45, 2.75) is 20.8 Å². The van der Waals surface area contributed by atoms with Gasteiger partial charge in [0.2, 0.25) is 5.91 Å². The summed E-state index contributed by atoms with van der Waals surface area (Å²) in [5.41, 5.74) is 6.96. The van der Waals surface area contributed by atoms with Crippen molar-refractivity contribution in [3.05, 3.63) is 101 Å². The number of carbonyl (C=O) groups excluding carboxylic acids is 1. The van der Waals surface area contributed by atoms with E-state index in [2.05, 4.69) is 35.6 Å². The van der Waals surface area contributed by atoms with Crippen LogP contribution in [-0.4, -0.2) is 13.0 Å². The lowest BCUT2D eigenvalue weighted by atomic mass is 9.94. The third-order valence-corrected chi connectivity index (χ3v) is 6.95. The predicted molar refractivity (Wildman–Crippen MR) is 149 cm³/mol. The first-order valence-corrected chi connectivity index (χ1v) is 12.1. The summed E-state index contributed by atoms with van der Waals surface area (Å²) < 4.78 is 11.8. The highest BCUT2D eigenvalue weighted by atomic mass is 35.5. The first kappa shape index (κ1) is 23.7. The number of furan rings is 1. The Labute approximate surface area is 215 Å². The molecule has 0 saturated heterocycles. The molecule has 5 rings (SSSR count). The number of methoxy groups -OCH3 is 1. The molecule has 36 heavy (non-hydrogen) atoms. The molecule has 0 spiro atoms. The van der Waals surface area contributed by atoms with Gasteiger partial charge < -0.3 is 14.5 Å². The minimum absolute atomic E-state index is 0.242. The highest BCUT2D eigenvalue weighted by molar-refractivity contribution is 6.31. The lowest BCUT2D eigenvalue weighted by molar-refractivity contribution is -0.111. The fourth-order valence-corrected chi connectivity index (χ4v) is 4.84. The molecule has 0 fully saturated rings. The second-order valence-corrected chi connectivity index (χ2v) is 9.32. The monoisotopic (exact) mass is 495 g/mol. The number of fused-ring (bicyclic) bond motifs is 2. The Bertz CT molecular complexity index is 1660. The van der Waals surface area contributed by atoms with Crippen LogP contribution in [0.1, 0.15) is 23.6 Å². The molecule has 0 aliphatic heterocycles. The molecule has 0 bridgehead atoms. The van der Waals surface area contributed by atoms with Crippen molar-refractivity contribution in [1.82, 2.24) is 0 Å². The van der Waals surface area contributed by atoms with E-state index in [9.17, 15) is 4.79 Å². The smallest absolute Gasteiger partial charge is 0.248 e. The van der Waals surface area contributed by atoms with Crippen LogP contribution in [0.4, 0.5) is 5.69 Å². The zero-order valence-corrected chi connectivity index (χ0v) is 21.4. The molecule has 4 nitrogen and oxygen atoms in total. The van der Waals surface area contributed by atoms with Gasteiger partial charge >= 0.3 is 0 Å². The van der Waals surface area contributed by atoms with Crippen LogP contribution in [0.5, 0.6) is 5.75 Å². The third kappa shape index (κ3) is 4.25. The summed E-state index contributed by atoms with van der Waals surface area (Å²) in [6.45, 7) is 5.80. The zero-order chi connectivity index (χ0) is 25.4. The van der Waals surface area contributed by atoms with Gasteiger partial charge in [0.15, 0.2) is 0 Å². The van der Waals surface area contributed by atoms with Crippen LogP contribution >= 0.6 is 11.6 Å². The standard InChI is InChI=1S/C31H26ClNO3/c1-18-12-13-22(15-28(18)32)33-29(34)14-19(2)25-16-26-27(17-36-31(26)20(3)30(25)35-4)24-11-7-9-21-8-5-6-10-23(21)24/h5-17H,1-4H3,(H,33,34)/b19-14+. The number of nitrogens with one attached hydrogen (secondary N) is 1. The molecule has 0 saturated carbocycles. The maximum Gasteiger partial charge on any atom is 0.248 e. The van der Waals surface area contributed by atoms with Crippen LogP contribution < -0.4 is 10.1 Å². The van der Waals surface area contributed by atoms with Crippen LogP contribution in [0.25, 0.3) is 38.4 Å². The van der Waals surface area contributed by atoms with E-state index in [1.807, 2.05) is 51.1 Å². The van der Waals surface area contributed by atoms with Gasteiger partial charge in [0, 0.05) is 38.9 Å².